The molecule has 2 aromatic heterocycles. The Morgan fingerprint density at radius 3 is 2.54 bits per heavy atom. The van der Waals surface area contributed by atoms with Crippen LogP contribution in [-0.4, -0.2) is 25.0 Å². The molecule has 0 spiro atoms. The molecule has 0 aliphatic rings. The van der Waals surface area contributed by atoms with Crippen molar-refractivity contribution < 1.29 is 4.79 Å². The minimum atomic E-state index is -0.161. The van der Waals surface area contributed by atoms with Gasteiger partial charge in [0.05, 0.1) is 0 Å². The molecule has 0 aliphatic carbocycles. The number of anilines is 1. The molecule has 0 bridgehead atoms. The van der Waals surface area contributed by atoms with Crippen LogP contribution >= 0.6 is 12.2 Å². The predicted molar refractivity (Wildman–Crippen MR) is 95.6 cm³/mol. The van der Waals surface area contributed by atoms with E-state index < -0.39 is 0 Å². The second-order valence-electron chi connectivity index (χ2n) is 5.71. The number of hydrogen-bond acceptors (Lipinski definition) is 3. The van der Waals surface area contributed by atoms with Crippen molar-refractivity contribution in [1.82, 2.24) is 19.1 Å². The number of aromatic nitrogens is 4. The summed E-state index contributed by atoms with van der Waals surface area (Å²) in [7, 11) is 0. The number of aryl methyl sites for hydroxylation is 3. The van der Waals surface area contributed by atoms with Crippen LogP contribution in [0.15, 0.2) is 42.7 Å². The van der Waals surface area contributed by atoms with E-state index in [-0.39, 0.29) is 12.5 Å². The Labute approximate surface area is 145 Å². The molecule has 0 atom stereocenters. The largest absolute Gasteiger partial charge is 0.324 e. The van der Waals surface area contributed by atoms with E-state index in [0.717, 1.165) is 17.1 Å². The average molecular weight is 341 g/mol. The third-order valence-corrected chi connectivity index (χ3v) is 4.26. The van der Waals surface area contributed by atoms with E-state index in [0.29, 0.717) is 4.77 Å². The molecule has 3 aromatic rings. The predicted octanol–water partition coefficient (Wildman–Crippen LogP) is 3.09. The van der Waals surface area contributed by atoms with E-state index in [1.807, 2.05) is 68.2 Å². The molecule has 0 saturated carbocycles. The van der Waals surface area contributed by atoms with Crippen LogP contribution in [0.1, 0.15) is 17.0 Å². The number of benzene rings is 1. The Morgan fingerprint density at radius 2 is 1.88 bits per heavy atom. The molecule has 1 N–H and O–H groups in total. The van der Waals surface area contributed by atoms with Crippen LogP contribution in [0.2, 0.25) is 0 Å². The molecule has 0 radical (unpaired) electrons. The lowest BCUT2D eigenvalue weighted by Crippen LogP contribution is -2.20. The van der Waals surface area contributed by atoms with Crippen LogP contribution in [0.4, 0.5) is 5.69 Å². The SMILES string of the molecule is Cc1ccc(NC(=O)Cn2nc(C)n(-n3cccc3)c2=S)cc1C. The third-order valence-electron chi connectivity index (χ3n) is 3.88. The third kappa shape index (κ3) is 3.16. The van der Waals surface area contributed by atoms with Crippen molar-refractivity contribution in [1.29, 1.82) is 0 Å². The lowest BCUT2D eigenvalue weighted by molar-refractivity contribution is -0.116. The number of hydrogen-bond donors (Lipinski definition) is 1. The van der Waals surface area contributed by atoms with Crippen molar-refractivity contribution >= 4 is 23.8 Å². The van der Waals surface area contributed by atoms with E-state index in [1.165, 1.54) is 10.2 Å². The topological polar surface area (TPSA) is 56.8 Å². The molecule has 0 aliphatic heterocycles. The standard InChI is InChI=1S/C17H19N5OS/c1-12-6-7-15(10-13(12)2)18-16(23)11-21-17(24)22(14(3)19-21)20-8-4-5-9-20/h4-10H,11H2,1-3H3,(H,18,23). The fourth-order valence-corrected chi connectivity index (χ4v) is 2.82. The van der Waals surface area contributed by atoms with Crippen molar-refractivity contribution in [3.63, 3.8) is 0 Å². The lowest BCUT2D eigenvalue weighted by atomic mass is 10.1. The highest BCUT2D eigenvalue weighted by Crippen LogP contribution is 2.14. The van der Waals surface area contributed by atoms with Gasteiger partial charge >= 0.3 is 0 Å². The summed E-state index contributed by atoms with van der Waals surface area (Å²) in [5.41, 5.74) is 3.10. The van der Waals surface area contributed by atoms with E-state index in [9.17, 15) is 4.79 Å². The summed E-state index contributed by atoms with van der Waals surface area (Å²) in [6, 6.07) is 9.65. The monoisotopic (exact) mass is 341 g/mol. The van der Waals surface area contributed by atoms with Crippen LogP contribution in [0.5, 0.6) is 0 Å². The van der Waals surface area contributed by atoms with Gasteiger partial charge in [-0.05, 0) is 68.4 Å². The zero-order valence-electron chi connectivity index (χ0n) is 13.9. The van der Waals surface area contributed by atoms with Crippen molar-refractivity contribution in [3.8, 4) is 0 Å². The number of amides is 1. The summed E-state index contributed by atoms with van der Waals surface area (Å²) in [4.78, 5) is 12.3. The van der Waals surface area contributed by atoms with Gasteiger partial charge in [0.2, 0.25) is 10.7 Å². The molecule has 0 fully saturated rings. The normalized spacial score (nSPS) is 10.8. The Bertz CT molecular complexity index is 937. The smallest absolute Gasteiger partial charge is 0.246 e. The average Bonchev–Trinajstić information content (AvgIpc) is 3.12. The van der Waals surface area contributed by atoms with Crippen LogP contribution < -0.4 is 5.32 Å². The number of nitrogens with one attached hydrogen (secondary N) is 1. The molecule has 0 unspecified atom stereocenters. The first-order valence-corrected chi connectivity index (χ1v) is 8.04. The Balaban J connectivity index is 1.79. The highest BCUT2D eigenvalue weighted by Gasteiger charge is 2.12. The molecule has 6 nitrogen and oxygen atoms in total. The van der Waals surface area contributed by atoms with Crippen LogP contribution in [-0.2, 0) is 11.3 Å². The second-order valence-corrected chi connectivity index (χ2v) is 6.07. The molecule has 7 heteroatoms. The molecule has 1 amide bonds. The van der Waals surface area contributed by atoms with Gasteiger partial charge in [-0.2, -0.15) is 5.10 Å². The molecule has 24 heavy (non-hydrogen) atoms. The molecule has 124 valence electrons. The number of rotatable bonds is 4. The van der Waals surface area contributed by atoms with Gasteiger partial charge in [0.15, 0.2) is 0 Å². The van der Waals surface area contributed by atoms with Gasteiger partial charge in [-0.15, -0.1) is 0 Å². The summed E-state index contributed by atoms with van der Waals surface area (Å²) < 4.78 is 5.61. The molecule has 1 aromatic carbocycles. The van der Waals surface area contributed by atoms with Gasteiger partial charge in [-0.25, -0.2) is 9.36 Å². The highest BCUT2D eigenvalue weighted by atomic mass is 32.1. The van der Waals surface area contributed by atoms with Gasteiger partial charge in [0.25, 0.3) is 0 Å². The van der Waals surface area contributed by atoms with E-state index >= 15 is 0 Å². The first kappa shape index (κ1) is 16.2. The number of carbonyl (C=O) groups is 1. The van der Waals surface area contributed by atoms with Gasteiger partial charge < -0.3 is 5.32 Å². The second kappa shape index (κ2) is 6.45. The molecular weight excluding hydrogens is 322 g/mol. The molecule has 3 rings (SSSR count). The Morgan fingerprint density at radius 1 is 1.17 bits per heavy atom. The van der Waals surface area contributed by atoms with Crippen LogP contribution in [0.3, 0.4) is 0 Å². The van der Waals surface area contributed by atoms with Crippen LogP contribution in [0, 0.1) is 25.5 Å². The minimum absolute atomic E-state index is 0.0703. The van der Waals surface area contributed by atoms with Gasteiger partial charge in [-0.3, -0.25) is 9.47 Å². The number of nitrogens with zero attached hydrogens (tertiary/aromatic N) is 4. The summed E-state index contributed by atoms with van der Waals surface area (Å²) in [5, 5.41) is 7.26. The van der Waals surface area contributed by atoms with E-state index in [2.05, 4.69) is 10.4 Å². The maximum Gasteiger partial charge on any atom is 0.246 e. The first-order valence-electron chi connectivity index (χ1n) is 7.63. The van der Waals surface area contributed by atoms with E-state index in [4.69, 9.17) is 12.2 Å². The maximum absolute atomic E-state index is 12.3. The molecule has 2 heterocycles. The summed E-state index contributed by atoms with van der Waals surface area (Å²) in [6.07, 6.45) is 3.76. The Hall–Kier alpha value is -2.67. The van der Waals surface area contributed by atoms with Crippen molar-refractivity contribution in [3.05, 3.63) is 64.4 Å². The lowest BCUT2D eigenvalue weighted by Gasteiger charge is -2.08. The zero-order chi connectivity index (χ0) is 17.3. The first-order chi connectivity index (χ1) is 11.5. The fraction of sp³-hybridized carbons (Fsp3) is 0.235. The van der Waals surface area contributed by atoms with Crippen molar-refractivity contribution in [2.45, 2.75) is 27.3 Å². The van der Waals surface area contributed by atoms with Crippen molar-refractivity contribution in [2.24, 2.45) is 0 Å². The minimum Gasteiger partial charge on any atom is -0.324 e. The summed E-state index contributed by atoms with van der Waals surface area (Å²) in [6.45, 7) is 5.98. The van der Waals surface area contributed by atoms with Crippen LogP contribution in [0.25, 0.3) is 0 Å². The number of carbonyl (C=O) groups excluding carboxylic acids is 1. The maximum atomic E-state index is 12.3. The Kier molecular flexibility index (Phi) is 4.35. The summed E-state index contributed by atoms with van der Waals surface area (Å²) >= 11 is 5.44. The molecular formula is C17H19N5OS. The van der Waals surface area contributed by atoms with E-state index in [1.54, 1.807) is 4.68 Å². The quantitative estimate of drug-likeness (QED) is 0.742. The fourth-order valence-electron chi connectivity index (χ4n) is 2.49. The zero-order valence-corrected chi connectivity index (χ0v) is 14.7. The van der Waals surface area contributed by atoms with Gasteiger partial charge in [-0.1, -0.05) is 6.07 Å². The summed E-state index contributed by atoms with van der Waals surface area (Å²) in [5.74, 6) is 0.557. The highest BCUT2D eigenvalue weighted by molar-refractivity contribution is 7.71. The van der Waals surface area contributed by atoms with Crippen molar-refractivity contribution in [2.75, 3.05) is 5.32 Å². The van der Waals surface area contributed by atoms with Gasteiger partial charge in [0.1, 0.15) is 12.4 Å². The van der Waals surface area contributed by atoms with Gasteiger partial charge in [0, 0.05) is 18.1 Å². The molecule has 0 saturated heterocycles.